The smallest absolute Gasteiger partial charge is 0.412 e. The number of methoxy groups -OCH3 is 1. The quantitative estimate of drug-likeness (QED) is 0.0596. The van der Waals surface area contributed by atoms with Crippen molar-refractivity contribution in [1.82, 2.24) is 10.6 Å². The number of carbonyl (C=O) groups is 5. The van der Waals surface area contributed by atoms with Crippen LogP contribution < -0.4 is 16.0 Å². The maximum atomic E-state index is 13.8. The van der Waals surface area contributed by atoms with E-state index in [-0.39, 0.29) is 37.5 Å². The fourth-order valence-electron chi connectivity index (χ4n) is 5.20. The van der Waals surface area contributed by atoms with Crippen molar-refractivity contribution in [3.05, 3.63) is 55.6 Å². The van der Waals surface area contributed by atoms with Gasteiger partial charge in [-0.25, -0.2) is 4.79 Å². The van der Waals surface area contributed by atoms with E-state index in [1.807, 2.05) is 13.8 Å². The minimum atomic E-state index is -1.58. The zero-order chi connectivity index (χ0) is 36.9. The standard InChI is InChI=1S/C36H53N3O11/c1-6-10-19-37-28(41)21-24(15-8-3)33(43)48-31-30(50-36(45)39-26-17-13-12-14-18-26)27(23-40)47-35(46-5)32(31)49-34(44)25(16-9-4)22-29(42)38-20-11-7-2/h8-9,12-14,17-18,24-25,27,30-32,35,40H,3-4,6-7,10-11,15-16,19-23H2,1-2,5H3,(H,37,41)(H,38,42)(H,39,45)/t24-,25-,27+,30+,31-,32+,35-/m0/s1. The molecular formula is C36H53N3O11. The van der Waals surface area contributed by atoms with Gasteiger partial charge in [0, 0.05) is 38.7 Å². The number of nitrogens with one attached hydrogen (secondary N) is 3. The number of esters is 2. The van der Waals surface area contributed by atoms with Crippen molar-refractivity contribution >= 4 is 35.5 Å². The molecule has 14 heteroatoms. The van der Waals surface area contributed by atoms with Crippen LogP contribution in [-0.4, -0.2) is 92.5 Å². The van der Waals surface area contributed by atoms with Gasteiger partial charge in [0.2, 0.25) is 11.8 Å². The van der Waals surface area contributed by atoms with Gasteiger partial charge < -0.3 is 39.4 Å². The Balaban J connectivity index is 2.46. The number of benzene rings is 1. The summed E-state index contributed by atoms with van der Waals surface area (Å²) in [4.78, 5) is 65.8. The number of unbranched alkanes of at least 4 members (excludes halogenated alkanes) is 2. The molecule has 2 rings (SSSR count). The molecule has 0 saturated carbocycles. The molecular weight excluding hydrogens is 650 g/mol. The van der Waals surface area contributed by atoms with Crippen LogP contribution in [0.4, 0.5) is 10.5 Å². The number of amides is 3. The second-order valence-electron chi connectivity index (χ2n) is 11.9. The second kappa shape index (κ2) is 23.2. The molecule has 1 aliphatic heterocycles. The lowest BCUT2D eigenvalue weighted by Crippen LogP contribution is -2.63. The van der Waals surface area contributed by atoms with Crippen LogP contribution in [0.5, 0.6) is 0 Å². The van der Waals surface area contributed by atoms with Crippen molar-refractivity contribution in [2.24, 2.45) is 11.8 Å². The maximum Gasteiger partial charge on any atom is 0.412 e. The summed E-state index contributed by atoms with van der Waals surface area (Å²) in [6.45, 7) is 11.5. The van der Waals surface area contributed by atoms with E-state index in [1.54, 1.807) is 30.3 Å². The minimum absolute atomic E-state index is 0.0689. The van der Waals surface area contributed by atoms with E-state index in [2.05, 4.69) is 29.1 Å². The average molecular weight is 704 g/mol. The van der Waals surface area contributed by atoms with Gasteiger partial charge in [0.25, 0.3) is 0 Å². The Kier molecular flexibility index (Phi) is 19.4. The van der Waals surface area contributed by atoms with Crippen LogP contribution in [-0.2, 0) is 42.9 Å². The number of aliphatic hydroxyl groups is 1. The fraction of sp³-hybridized carbons (Fsp3) is 0.583. The summed E-state index contributed by atoms with van der Waals surface area (Å²) in [5, 5.41) is 18.4. The summed E-state index contributed by atoms with van der Waals surface area (Å²) in [5.41, 5.74) is 0.394. The Hall–Kier alpha value is -4.27. The van der Waals surface area contributed by atoms with Crippen LogP contribution in [0.1, 0.15) is 65.2 Å². The SMILES string of the molecule is C=CC[C@@H](CC(=O)NCCCC)C(=O)O[C@@H]1[C@@H](OC(=O)[C@@H](CC=C)CC(=O)NCCCC)[C@@H](OC)O[C@H](CO)[C@H]1OC(=O)Nc1ccccc1. The molecule has 1 aromatic carbocycles. The van der Waals surface area contributed by atoms with E-state index in [0.29, 0.717) is 18.8 Å². The van der Waals surface area contributed by atoms with Gasteiger partial charge in [-0.1, -0.05) is 57.0 Å². The number of aliphatic hydroxyl groups excluding tert-OH is 1. The Bertz CT molecular complexity index is 1240. The summed E-state index contributed by atoms with van der Waals surface area (Å²) in [6, 6.07) is 8.39. The zero-order valence-corrected chi connectivity index (χ0v) is 29.3. The van der Waals surface area contributed by atoms with E-state index in [9.17, 15) is 29.1 Å². The van der Waals surface area contributed by atoms with Gasteiger partial charge in [-0.05, 0) is 37.8 Å². The molecule has 1 fully saturated rings. The number of carbonyl (C=O) groups excluding carboxylic acids is 5. The summed E-state index contributed by atoms with van der Waals surface area (Å²) in [7, 11) is 1.26. The molecule has 4 N–H and O–H groups in total. The van der Waals surface area contributed by atoms with Crippen LogP contribution in [0, 0.1) is 11.8 Å². The second-order valence-corrected chi connectivity index (χ2v) is 11.9. The van der Waals surface area contributed by atoms with E-state index >= 15 is 0 Å². The summed E-state index contributed by atoms with van der Waals surface area (Å²) < 4.78 is 28.8. The van der Waals surface area contributed by atoms with E-state index in [4.69, 9.17) is 23.7 Å². The van der Waals surface area contributed by atoms with Crippen LogP contribution in [0.2, 0.25) is 0 Å². The average Bonchev–Trinajstić information content (AvgIpc) is 3.09. The molecule has 0 spiro atoms. The van der Waals surface area contributed by atoms with E-state index < -0.39 is 67.2 Å². The highest BCUT2D eigenvalue weighted by Gasteiger charge is 2.53. The summed E-state index contributed by atoms with van der Waals surface area (Å²) in [6.07, 6.45) is -2.38. The van der Waals surface area contributed by atoms with Gasteiger partial charge in [0.15, 0.2) is 24.6 Å². The third-order valence-electron chi connectivity index (χ3n) is 7.91. The molecule has 0 aromatic heterocycles. The molecule has 3 amide bonds. The lowest BCUT2D eigenvalue weighted by molar-refractivity contribution is -0.300. The van der Waals surface area contributed by atoms with Crippen LogP contribution in [0.15, 0.2) is 55.6 Å². The van der Waals surface area contributed by atoms with E-state index in [1.165, 1.54) is 19.3 Å². The Morgan fingerprint density at radius 2 is 1.34 bits per heavy atom. The molecule has 1 heterocycles. The largest absolute Gasteiger partial charge is 0.454 e. The molecule has 0 bridgehead atoms. The van der Waals surface area contributed by atoms with Gasteiger partial charge in [0.1, 0.15) is 6.10 Å². The van der Waals surface area contributed by atoms with Crippen molar-refractivity contribution in [3.8, 4) is 0 Å². The van der Waals surface area contributed by atoms with Gasteiger partial charge in [-0.2, -0.15) is 0 Å². The lowest BCUT2D eigenvalue weighted by Gasteiger charge is -2.44. The molecule has 7 atom stereocenters. The maximum absolute atomic E-state index is 13.8. The topological polar surface area (TPSA) is 188 Å². The Labute approximate surface area is 294 Å². The summed E-state index contributed by atoms with van der Waals surface area (Å²) >= 11 is 0. The van der Waals surface area contributed by atoms with Crippen LogP contribution in [0.3, 0.4) is 0 Å². The number of rotatable bonds is 22. The first kappa shape index (κ1) is 41.9. The molecule has 1 aromatic rings. The van der Waals surface area contributed by atoms with E-state index in [0.717, 1.165) is 25.7 Å². The molecule has 0 unspecified atom stereocenters. The molecule has 0 radical (unpaired) electrons. The van der Waals surface area contributed by atoms with Crippen LogP contribution in [0.25, 0.3) is 0 Å². The third kappa shape index (κ3) is 13.9. The third-order valence-corrected chi connectivity index (χ3v) is 7.91. The predicted octanol–water partition coefficient (Wildman–Crippen LogP) is 3.79. The fourth-order valence-corrected chi connectivity index (χ4v) is 5.20. The number of anilines is 1. The first-order valence-corrected chi connectivity index (χ1v) is 17.1. The van der Waals surface area contributed by atoms with Gasteiger partial charge in [-0.15, -0.1) is 13.2 Å². The highest BCUT2D eigenvalue weighted by atomic mass is 16.7. The zero-order valence-electron chi connectivity index (χ0n) is 29.3. The minimum Gasteiger partial charge on any atom is -0.454 e. The molecule has 14 nitrogen and oxygen atoms in total. The van der Waals surface area contributed by atoms with Gasteiger partial charge in [0.05, 0.1) is 18.4 Å². The van der Waals surface area contributed by atoms with Crippen molar-refractivity contribution in [2.45, 2.75) is 95.9 Å². The van der Waals surface area contributed by atoms with Crippen molar-refractivity contribution in [1.29, 1.82) is 0 Å². The number of para-hydroxylation sites is 1. The number of hydrogen-bond donors (Lipinski definition) is 4. The normalized spacial score (nSPS) is 21.1. The van der Waals surface area contributed by atoms with Crippen LogP contribution >= 0.6 is 0 Å². The number of allylic oxidation sites excluding steroid dienone is 2. The molecule has 1 saturated heterocycles. The highest BCUT2D eigenvalue weighted by Crippen LogP contribution is 2.31. The summed E-state index contributed by atoms with van der Waals surface area (Å²) in [5.74, 6) is -4.43. The predicted molar refractivity (Wildman–Crippen MR) is 185 cm³/mol. The van der Waals surface area contributed by atoms with Gasteiger partial charge in [-0.3, -0.25) is 24.5 Å². The number of ether oxygens (including phenoxy) is 5. The Morgan fingerprint density at radius 1 is 0.820 bits per heavy atom. The van der Waals surface area contributed by atoms with Gasteiger partial charge >= 0.3 is 18.0 Å². The molecule has 1 aliphatic rings. The monoisotopic (exact) mass is 703 g/mol. The molecule has 278 valence electrons. The molecule has 0 aliphatic carbocycles. The first-order valence-electron chi connectivity index (χ1n) is 17.1. The van der Waals surface area contributed by atoms with Crippen molar-refractivity contribution in [3.63, 3.8) is 0 Å². The van der Waals surface area contributed by atoms with Crippen molar-refractivity contribution < 1.29 is 52.8 Å². The Morgan fingerprint density at radius 3 is 1.80 bits per heavy atom. The molecule has 50 heavy (non-hydrogen) atoms. The van der Waals surface area contributed by atoms with Crippen molar-refractivity contribution in [2.75, 3.05) is 32.1 Å². The lowest BCUT2D eigenvalue weighted by atomic mass is 9.96. The highest BCUT2D eigenvalue weighted by molar-refractivity contribution is 5.85. The first-order chi connectivity index (χ1) is 24.1. The number of hydrogen-bond acceptors (Lipinski definition) is 11.